The minimum absolute atomic E-state index is 0. The van der Waals surface area contributed by atoms with Crippen molar-refractivity contribution >= 4 is 64.4 Å². The van der Waals surface area contributed by atoms with Crippen LogP contribution in [-0.2, 0) is 6.61 Å². The number of hydrogen-bond donors (Lipinski definition) is 3. The van der Waals surface area contributed by atoms with E-state index in [0.29, 0.717) is 28.5 Å². The molecule has 4 heterocycles. The summed E-state index contributed by atoms with van der Waals surface area (Å²) in [5.41, 5.74) is 2.39. The van der Waals surface area contributed by atoms with Crippen LogP contribution in [0.4, 0.5) is 4.79 Å². The molecule has 1 amide bonds. The highest BCUT2D eigenvalue weighted by atomic mass is 35.5. The average Bonchev–Trinajstić information content (AvgIpc) is 3.59. The van der Waals surface area contributed by atoms with E-state index in [2.05, 4.69) is 33.9 Å². The first-order valence-electron chi connectivity index (χ1n) is 14.8. The molecule has 3 atom stereocenters. The van der Waals surface area contributed by atoms with Crippen molar-refractivity contribution in [1.29, 1.82) is 0 Å². The van der Waals surface area contributed by atoms with Gasteiger partial charge in [-0.3, -0.25) is 0 Å². The molecule has 2 aliphatic heterocycles. The summed E-state index contributed by atoms with van der Waals surface area (Å²) in [6.07, 6.45) is 2.78. The molecule has 2 aromatic carbocycles. The van der Waals surface area contributed by atoms with Gasteiger partial charge >= 0.3 is 6.09 Å². The highest BCUT2D eigenvalue weighted by Gasteiger charge is 2.30. The minimum Gasteiger partial charge on any atom is -0.488 e. The monoisotopic (exact) mass is 666 g/mol. The summed E-state index contributed by atoms with van der Waals surface area (Å²) in [6, 6.07) is 13.1. The topological polar surface area (TPSA) is 103 Å². The van der Waals surface area contributed by atoms with E-state index in [-0.39, 0.29) is 43.6 Å². The summed E-state index contributed by atoms with van der Waals surface area (Å²) in [5, 5.41) is 15.5. The maximum absolute atomic E-state index is 12.7. The zero-order valence-corrected chi connectivity index (χ0v) is 27.4. The van der Waals surface area contributed by atoms with E-state index in [1.54, 1.807) is 12.3 Å². The van der Waals surface area contributed by atoms with Crippen LogP contribution in [0.1, 0.15) is 32.3 Å². The van der Waals surface area contributed by atoms with Crippen molar-refractivity contribution in [2.45, 2.75) is 45.4 Å². The molecule has 6 rings (SSSR count). The summed E-state index contributed by atoms with van der Waals surface area (Å²) < 4.78 is 17.4. The Bertz CT molecular complexity index is 1520. The summed E-state index contributed by atoms with van der Waals surface area (Å²) >= 11 is 6.38. The number of likely N-dealkylation sites (tertiary alicyclic amines) is 2. The van der Waals surface area contributed by atoms with Crippen LogP contribution in [0.25, 0.3) is 21.9 Å². The van der Waals surface area contributed by atoms with E-state index in [1.165, 1.54) is 0 Å². The lowest BCUT2D eigenvalue weighted by atomic mass is 9.88. The fourth-order valence-electron chi connectivity index (χ4n) is 6.38. The first-order chi connectivity index (χ1) is 20.3. The molecule has 44 heavy (non-hydrogen) atoms. The summed E-state index contributed by atoms with van der Waals surface area (Å²) in [7, 11) is 0. The van der Waals surface area contributed by atoms with Crippen molar-refractivity contribution in [3.8, 4) is 11.6 Å². The number of aliphatic hydroxyl groups excluding tert-OH is 1. The first kappa shape index (κ1) is 34.2. The number of furan rings is 1. The maximum Gasteiger partial charge on any atom is 0.414 e. The van der Waals surface area contributed by atoms with Gasteiger partial charge in [0.25, 0.3) is 0 Å². The van der Waals surface area contributed by atoms with Crippen LogP contribution in [0.5, 0.6) is 11.6 Å². The third kappa shape index (κ3) is 7.76. The van der Waals surface area contributed by atoms with Crippen molar-refractivity contribution in [3.05, 3.63) is 59.3 Å². The Morgan fingerprint density at radius 3 is 2.52 bits per heavy atom. The van der Waals surface area contributed by atoms with E-state index in [4.69, 9.17) is 25.5 Å². The number of H-pyrrole nitrogens is 1. The SMILES string of the molecule is C[C@@H]1CN(CCN2CCC(NC(=O)Oc3cc4c(OCc5coc6cccc(Cl)c56)cccc4[nH]3)CC2)C[C@H](C)C1O.Cl.Cl. The number of amides is 1. The van der Waals surface area contributed by atoms with Gasteiger partial charge in [-0.25, -0.2) is 4.79 Å². The highest BCUT2D eigenvalue weighted by Crippen LogP contribution is 2.33. The van der Waals surface area contributed by atoms with E-state index < -0.39 is 6.09 Å². The fraction of sp³-hybridized carbons (Fsp3) is 0.469. The molecule has 9 nitrogen and oxygen atoms in total. The zero-order chi connectivity index (χ0) is 29.2. The van der Waals surface area contributed by atoms with Gasteiger partial charge in [0.2, 0.25) is 5.88 Å². The molecule has 0 bridgehead atoms. The van der Waals surface area contributed by atoms with Gasteiger partial charge in [0.1, 0.15) is 17.9 Å². The van der Waals surface area contributed by atoms with Gasteiger partial charge in [0.05, 0.1) is 22.9 Å². The Labute approximate surface area is 275 Å². The van der Waals surface area contributed by atoms with Crippen LogP contribution in [0.15, 0.2) is 53.1 Å². The number of nitrogens with zero attached hydrogens (tertiary/aromatic N) is 2. The van der Waals surface area contributed by atoms with Gasteiger partial charge in [0, 0.05) is 67.7 Å². The lowest BCUT2D eigenvalue weighted by Crippen LogP contribution is -2.51. The third-order valence-electron chi connectivity index (χ3n) is 8.71. The van der Waals surface area contributed by atoms with E-state index >= 15 is 0 Å². The highest BCUT2D eigenvalue weighted by molar-refractivity contribution is 6.35. The van der Waals surface area contributed by atoms with Gasteiger partial charge in [-0.1, -0.05) is 37.6 Å². The minimum atomic E-state index is -0.461. The second kappa shape index (κ2) is 15.1. The lowest BCUT2D eigenvalue weighted by Gasteiger charge is -2.40. The molecule has 2 fully saturated rings. The number of carbonyl (C=O) groups excluding carboxylic acids is 1. The number of aromatic amines is 1. The van der Waals surface area contributed by atoms with Crippen molar-refractivity contribution in [2.24, 2.45) is 11.8 Å². The number of hydrogen-bond acceptors (Lipinski definition) is 7. The van der Waals surface area contributed by atoms with Gasteiger partial charge in [0.15, 0.2) is 0 Å². The molecule has 4 aromatic rings. The molecular formula is C32H41Cl3N4O5. The molecular weight excluding hydrogens is 627 g/mol. The van der Waals surface area contributed by atoms with Gasteiger partial charge in [-0.05, 0) is 48.9 Å². The lowest BCUT2D eigenvalue weighted by molar-refractivity contribution is -0.0109. The Morgan fingerprint density at radius 2 is 1.77 bits per heavy atom. The van der Waals surface area contributed by atoms with Crippen molar-refractivity contribution in [3.63, 3.8) is 0 Å². The number of piperidine rings is 2. The van der Waals surface area contributed by atoms with Crippen molar-refractivity contribution < 1.29 is 23.8 Å². The van der Waals surface area contributed by atoms with Gasteiger partial charge in [-0.2, -0.15) is 0 Å². The standard InChI is InChI=1S/C32H39ClN4O5.2ClH/c1-20-16-37(17-21(2)31(20)38)14-13-36-11-9-23(10-12-36)34-32(39)42-29-15-24-26(35-29)6-4-7-27(24)40-18-22-19-41-28-8-3-5-25(33)30(22)28;;/h3-8,15,19-21,23,31,35,38H,9-14,16-18H2,1-2H3,(H,34,39);2*1H/t20-,21+,31?;;. The Kier molecular flexibility index (Phi) is 11.7. The van der Waals surface area contributed by atoms with Crippen LogP contribution < -0.4 is 14.8 Å². The molecule has 2 aromatic heterocycles. The van der Waals surface area contributed by atoms with Crippen LogP contribution in [0.2, 0.25) is 5.02 Å². The second-order valence-electron chi connectivity index (χ2n) is 11.9. The Balaban J connectivity index is 0.00000221. The molecule has 0 aliphatic carbocycles. The van der Waals surface area contributed by atoms with E-state index in [0.717, 1.165) is 79.5 Å². The number of halogens is 3. The maximum atomic E-state index is 12.7. The number of aromatic nitrogens is 1. The molecule has 2 aliphatic rings. The molecule has 2 saturated heterocycles. The third-order valence-corrected chi connectivity index (χ3v) is 9.03. The predicted octanol–water partition coefficient (Wildman–Crippen LogP) is 6.49. The van der Waals surface area contributed by atoms with E-state index in [9.17, 15) is 9.90 Å². The van der Waals surface area contributed by atoms with E-state index in [1.807, 2.05) is 36.4 Å². The number of fused-ring (bicyclic) bond motifs is 2. The fourth-order valence-corrected chi connectivity index (χ4v) is 6.67. The average molecular weight is 668 g/mol. The number of benzene rings is 2. The molecule has 0 radical (unpaired) electrons. The largest absolute Gasteiger partial charge is 0.488 e. The zero-order valence-electron chi connectivity index (χ0n) is 25.0. The summed E-state index contributed by atoms with van der Waals surface area (Å²) in [6.45, 7) is 10.4. The number of nitrogens with one attached hydrogen (secondary N) is 2. The number of rotatable bonds is 8. The summed E-state index contributed by atoms with van der Waals surface area (Å²) in [5.74, 6) is 1.66. The smallest absolute Gasteiger partial charge is 0.414 e. The summed E-state index contributed by atoms with van der Waals surface area (Å²) in [4.78, 5) is 20.8. The van der Waals surface area contributed by atoms with Crippen LogP contribution >= 0.6 is 36.4 Å². The molecule has 240 valence electrons. The van der Waals surface area contributed by atoms with Gasteiger partial charge in [-0.15, -0.1) is 24.8 Å². The van der Waals surface area contributed by atoms with Gasteiger partial charge < -0.3 is 39.1 Å². The van der Waals surface area contributed by atoms with Crippen molar-refractivity contribution in [1.82, 2.24) is 20.1 Å². The Morgan fingerprint density at radius 1 is 1.07 bits per heavy atom. The molecule has 0 spiro atoms. The van der Waals surface area contributed by atoms with Crippen LogP contribution in [0, 0.1) is 11.8 Å². The first-order valence-corrected chi connectivity index (χ1v) is 15.2. The molecule has 1 unspecified atom stereocenters. The second-order valence-corrected chi connectivity index (χ2v) is 12.3. The molecule has 12 heteroatoms. The molecule has 0 saturated carbocycles. The van der Waals surface area contributed by atoms with Crippen molar-refractivity contribution in [2.75, 3.05) is 39.3 Å². The predicted molar refractivity (Wildman–Crippen MR) is 178 cm³/mol. The normalized spacial score (nSPS) is 21.5. The van der Waals surface area contributed by atoms with Crippen LogP contribution in [-0.4, -0.2) is 77.4 Å². The quantitative estimate of drug-likeness (QED) is 0.197. The van der Waals surface area contributed by atoms with Crippen LogP contribution in [0.3, 0.4) is 0 Å². The molecule has 3 N–H and O–H groups in total. The number of carbonyl (C=O) groups is 1. The number of ether oxygens (including phenoxy) is 2. The Hall–Kier alpha value is -2.66. The number of aliphatic hydroxyl groups is 1.